The summed E-state index contributed by atoms with van der Waals surface area (Å²) in [6.07, 6.45) is 0.858. The molecule has 0 aliphatic heterocycles. The van der Waals surface area contributed by atoms with Gasteiger partial charge in [0.15, 0.2) is 11.7 Å². The van der Waals surface area contributed by atoms with Crippen LogP contribution in [0.2, 0.25) is 0 Å². The quantitative estimate of drug-likeness (QED) is 0.348. The molecule has 2 rings (SSSR count). The van der Waals surface area contributed by atoms with Crippen LogP contribution >= 0.6 is 24.0 Å². The van der Waals surface area contributed by atoms with Crippen LogP contribution in [0.25, 0.3) is 0 Å². The van der Waals surface area contributed by atoms with Gasteiger partial charge in [0, 0.05) is 19.7 Å². The van der Waals surface area contributed by atoms with Gasteiger partial charge in [-0.25, -0.2) is 0 Å². The summed E-state index contributed by atoms with van der Waals surface area (Å²) in [4.78, 5) is 4.24. The summed E-state index contributed by atoms with van der Waals surface area (Å²) >= 11 is 0. The van der Waals surface area contributed by atoms with E-state index in [-0.39, 0.29) is 24.0 Å². The van der Waals surface area contributed by atoms with Gasteiger partial charge in [-0.15, -0.1) is 24.0 Å². The molecule has 2 aromatic rings. The van der Waals surface area contributed by atoms with E-state index in [1.807, 2.05) is 31.2 Å². The normalized spacial score (nSPS) is 11.2. The molecule has 0 bridgehead atoms. The van der Waals surface area contributed by atoms with Gasteiger partial charge >= 0.3 is 0 Å². The summed E-state index contributed by atoms with van der Waals surface area (Å²) in [5, 5.41) is 10.6. The van der Waals surface area contributed by atoms with Crippen molar-refractivity contribution >= 4 is 29.9 Å². The van der Waals surface area contributed by atoms with E-state index in [9.17, 15) is 0 Å². The van der Waals surface area contributed by atoms with Crippen molar-refractivity contribution in [2.45, 2.75) is 39.7 Å². The third-order valence-electron chi connectivity index (χ3n) is 3.78. The van der Waals surface area contributed by atoms with Crippen molar-refractivity contribution in [1.82, 2.24) is 15.8 Å². The van der Waals surface area contributed by atoms with Crippen molar-refractivity contribution in [3.63, 3.8) is 0 Å². The van der Waals surface area contributed by atoms with E-state index in [0.29, 0.717) is 19.1 Å². The number of para-hydroxylation sites is 1. The van der Waals surface area contributed by atoms with E-state index in [0.717, 1.165) is 36.1 Å². The lowest BCUT2D eigenvalue weighted by Gasteiger charge is -2.13. The first-order valence-corrected chi connectivity index (χ1v) is 8.74. The maximum atomic E-state index is 5.65. The number of nitrogens with one attached hydrogen (secondary N) is 2. The van der Waals surface area contributed by atoms with Crippen LogP contribution in [0.1, 0.15) is 43.7 Å². The number of guanidine groups is 1. The maximum Gasteiger partial charge on any atom is 0.191 e. The lowest BCUT2D eigenvalue weighted by molar-refractivity contribution is 0.336. The molecule has 6 nitrogen and oxygen atoms in total. The first-order chi connectivity index (χ1) is 12.1. The van der Waals surface area contributed by atoms with E-state index >= 15 is 0 Å². The molecule has 0 unspecified atom stereocenters. The molecular formula is C19H29IN4O2. The largest absolute Gasteiger partial charge is 0.494 e. The zero-order valence-corrected chi connectivity index (χ0v) is 18.2. The number of rotatable bonds is 8. The summed E-state index contributed by atoms with van der Waals surface area (Å²) in [6, 6.07) is 10.1. The Labute approximate surface area is 172 Å². The van der Waals surface area contributed by atoms with Crippen LogP contribution in [0.5, 0.6) is 5.75 Å². The lowest BCUT2D eigenvalue weighted by Crippen LogP contribution is -2.37. The van der Waals surface area contributed by atoms with E-state index in [1.54, 1.807) is 7.05 Å². The van der Waals surface area contributed by atoms with E-state index in [1.165, 1.54) is 5.56 Å². The van der Waals surface area contributed by atoms with Gasteiger partial charge in [0.1, 0.15) is 5.75 Å². The number of ether oxygens (including phenoxy) is 1. The average Bonchev–Trinajstić information content (AvgIpc) is 3.09. The molecule has 0 spiro atoms. The van der Waals surface area contributed by atoms with Gasteiger partial charge in [0.25, 0.3) is 0 Å². The highest BCUT2D eigenvalue weighted by Crippen LogP contribution is 2.18. The van der Waals surface area contributed by atoms with E-state index < -0.39 is 0 Å². The Hall–Kier alpha value is -1.77. The molecule has 0 radical (unpaired) electrons. The third-order valence-corrected chi connectivity index (χ3v) is 3.78. The van der Waals surface area contributed by atoms with Gasteiger partial charge in [-0.1, -0.05) is 37.2 Å². The standard InChI is InChI=1S/C19H28N4O2.HI/c1-5-24-18-9-7-6-8-15(18)10-11-21-19(20-4)22-13-16-12-17(14(2)3)23-25-16;/h6-9,12,14H,5,10-11,13H2,1-4H3,(H2,20,21,22);1H. The van der Waals surface area contributed by atoms with Crippen molar-refractivity contribution in [2.75, 3.05) is 20.2 Å². The minimum absolute atomic E-state index is 0. The highest BCUT2D eigenvalue weighted by molar-refractivity contribution is 14.0. The molecule has 0 amide bonds. The fourth-order valence-electron chi connectivity index (χ4n) is 2.40. The molecule has 0 fully saturated rings. The minimum Gasteiger partial charge on any atom is -0.494 e. The Morgan fingerprint density at radius 3 is 2.69 bits per heavy atom. The average molecular weight is 472 g/mol. The van der Waals surface area contributed by atoms with Gasteiger partial charge in [-0.05, 0) is 30.9 Å². The number of benzene rings is 1. The van der Waals surface area contributed by atoms with Crippen LogP contribution in [0.15, 0.2) is 39.8 Å². The first-order valence-electron chi connectivity index (χ1n) is 8.74. The third kappa shape index (κ3) is 6.86. The smallest absolute Gasteiger partial charge is 0.191 e. The number of hydrogen-bond acceptors (Lipinski definition) is 4. The minimum atomic E-state index is 0. The molecule has 0 aliphatic rings. The van der Waals surface area contributed by atoms with Crippen molar-refractivity contribution in [3.8, 4) is 5.75 Å². The molecule has 0 atom stereocenters. The lowest BCUT2D eigenvalue weighted by atomic mass is 10.1. The molecule has 1 aromatic carbocycles. The number of aliphatic imine (C=N–C) groups is 1. The van der Waals surface area contributed by atoms with Crippen LogP contribution in [-0.2, 0) is 13.0 Å². The Morgan fingerprint density at radius 2 is 2.04 bits per heavy atom. The Bertz CT molecular complexity index is 686. The number of halogens is 1. The van der Waals surface area contributed by atoms with Gasteiger partial charge in [-0.3, -0.25) is 4.99 Å². The topological polar surface area (TPSA) is 71.7 Å². The predicted molar refractivity (Wildman–Crippen MR) is 116 cm³/mol. The second-order valence-electron chi connectivity index (χ2n) is 6.02. The van der Waals surface area contributed by atoms with Gasteiger partial charge in [0.2, 0.25) is 0 Å². The SMILES string of the molecule is CCOc1ccccc1CCNC(=NC)NCc1cc(C(C)C)no1.I. The highest BCUT2D eigenvalue weighted by Gasteiger charge is 2.08. The van der Waals surface area contributed by atoms with Crippen LogP contribution in [0.4, 0.5) is 0 Å². The maximum absolute atomic E-state index is 5.65. The zero-order chi connectivity index (χ0) is 18.1. The van der Waals surface area contributed by atoms with Crippen LogP contribution in [-0.4, -0.2) is 31.3 Å². The van der Waals surface area contributed by atoms with Gasteiger partial charge in [-0.2, -0.15) is 0 Å². The van der Waals surface area contributed by atoms with Crippen LogP contribution in [0, 0.1) is 0 Å². The number of hydrogen-bond donors (Lipinski definition) is 2. The molecule has 0 saturated carbocycles. The Balaban J connectivity index is 0.00000338. The van der Waals surface area contributed by atoms with Crippen molar-refractivity contribution in [1.29, 1.82) is 0 Å². The molecule has 2 N–H and O–H groups in total. The molecule has 0 saturated heterocycles. The van der Waals surface area contributed by atoms with Crippen molar-refractivity contribution in [3.05, 3.63) is 47.3 Å². The van der Waals surface area contributed by atoms with Crippen LogP contribution < -0.4 is 15.4 Å². The van der Waals surface area contributed by atoms with Gasteiger partial charge in [0.05, 0.1) is 18.8 Å². The second kappa shape index (κ2) is 11.8. The molecule has 1 heterocycles. The Kier molecular flexibility index (Phi) is 10.1. The summed E-state index contributed by atoms with van der Waals surface area (Å²) in [5.41, 5.74) is 2.15. The van der Waals surface area contributed by atoms with Crippen molar-refractivity contribution < 1.29 is 9.26 Å². The summed E-state index contributed by atoms with van der Waals surface area (Å²) in [5.74, 6) is 2.84. The fourth-order valence-corrected chi connectivity index (χ4v) is 2.40. The van der Waals surface area contributed by atoms with E-state index in [2.05, 4.69) is 40.7 Å². The molecule has 0 aliphatic carbocycles. The van der Waals surface area contributed by atoms with E-state index in [4.69, 9.17) is 9.26 Å². The number of nitrogens with zero attached hydrogens (tertiary/aromatic N) is 2. The number of aromatic nitrogens is 1. The zero-order valence-electron chi connectivity index (χ0n) is 15.9. The summed E-state index contributed by atoms with van der Waals surface area (Å²) in [7, 11) is 1.75. The molecule has 1 aromatic heterocycles. The monoisotopic (exact) mass is 472 g/mol. The summed E-state index contributed by atoms with van der Waals surface area (Å²) in [6.45, 7) is 8.16. The highest BCUT2D eigenvalue weighted by atomic mass is 127. The van der Waals surface area contributed by atoms with Crippen LogP contribution in [0.3, 0.4) is 0 Å². The van der Waals surface area contributed by atoms with Gasteiger partial charge < -0.3 is 19.9 Å². The van der Waals surface area contributed by atoms with Crippen molar-refractivity contribution in [2.24, 2.45) is 4.99 Å². The first kappa shape index (κ1) is 22.3. The molecule has 7 heteroatoms. The Morgan fingerprint density at radius 1 is 1.27 bits per heavy atom. The predicted octanol–water partition coefficient (Wildman–Crippen LogP) is 3.72. The summed E-state index contributed by atoms with van der Waals surface area (Å²) < 4.78 is 11.0. The molecular weight excluding hydrogens is 443 g/mol. The molecule has 26 heavy (non-hydrogen) atoms. The molecule has 144 valence electrons. The second-order valence-corrected chi connectivity index (χ2v) is 6.02. The fraction of sp³-hybridized carbons (Fsp3) is 0.474.